The zero-order valence-corrected chi connectivity index (χ0v) is 6.90. The Labute approximate surface area is 69.0 Å². The fourth-order valence-corrected chi connectivity index (χ4v) is 1.39. The molecule has 0 saturated carbocycles. The third kappa shape index (κ3) is 1.81. The number of hydrogen-bond donors (Lipinski definition) is 3. The van der Waals surface area contributed by atoms with E-state index in [9.17, 15) is 0 Å². The maximum absolute atomic E-state index is 8.53. The number of aromatic nitrogens is 1. The van der Waals surface area contributed by atoms with Gasteiger partial charge < -0.3 is 16.6 Å². The maximum atomic E-state index is 8.53. The SMILES string of the molecule is Nc1snc(CCCO)c1N. The first-order valence-electron chi connectivity index (χ1n) is 3.36. The summed E-state index contributed by atoms with van der Waals surface area (Å²) < 4.78 is 4.03. The smallest absolute Gasteiger partial charge is 0.130 e. The predicted octanol–water partition coefficient (Wildman–Crippen LogP) is 0.232. The Balaban J connectivity index is 2.63. The summed E-state index contributed by atoms with van der Waals surface area (Å²) in [6.07, 6.45) is 1.39. The number of hydrogen-bond acceptors (Lipinski definition) is 5. The molecule has 62 valence electrons. The lowest BCUT2D eigenvalue weighted by Gasteiger charge is -1.94. The van der Waals surface area contributed by atoms with E-state index in [4.69, 9.17) is 16.6 Å². The summed E-state index contributed by atoms with van der Waals surface area (Å²) in [5.74, 6) is 0. The number of nitrogens with zero attached hydrogens (tertiary/aromatic N) is 1. The Morgan fingerprint density at radius 1 is 1.45 bits per heavy atom. The van der Waals surface area contributed by atoms with Crippen LogP contribution in [0.2, 0.25) is 0 Å². The van der Waals surface area contributed by atoms with Crippen LogP contribution in [0.15, 0.2) is 0 Å². The molecule has 4 nitrogen and oxygen atoms in total. The Hall–Kier alpha value is -0.810. The van der Waals surface area contributed by atoms with E-state index >= 15 is 0 Å². The minimum atomic E-state index is 0.164. The van der Waals surface area contributed by atoms with Crippen LogP contribution in [0.4, 0.5) is 10.7 Å². The van der Waals surface area contributed by atoms with E-state index in [0.717, 1.165) is 5.69 Å². The Bertz CT molecular complexity index is 236. The van der Waals surface area contributed by atoms with Gasteiger partial charge in [0.05, 0.1) is 11.4 Å². The Morgan fingerprint density at radius 3 is 2.64 bits per heavy atom. The second kappa shape index (κ2) is 3.54. The molecule has 0 aliphatic carbocycles. The lowest BCUT2D eigenvalue weighted by molar-refractivity contribution is 0.288. The van der Waals surface area contributed by atoms with Crippen molar-refractivity contribution >= 4 is 22.2 Å². The number of anilines is 2. The van der Waals surface area contributed by atoms with Crippen molar-refractivity contribution in [1.82, 2.24) is 4.37 Å². The highest BCUT2D eigenvalue weighted by molar-refractivity contribution is 7.10. The molecule has 0 fully saturated rings. The third-order valence-corrected chi connectivity index (χ3v) is 2.13. The molecular weight excluding hydrogens is 162 g/mol. The molecule has 5 N–H and O–H groups in total. The molecule has 1 heterocycles. The minimum Gasteiger partial charge on any atom is -0.396 e. The molecule has 0 radical (unpaired) electrons. The summed E-state index contributed by atoms with van der Waals surface area (Å²) in [4.78, 5) is 0. The van der Waals surface area contributed by atoms with E-state index in [1.54, 1.807) is 0 Å². The second-order valence-electron chi connectivity index (χ2n) is 2.23. The minimum absolute atomic E-state index is 0.164. The van der Waals surface area contributed by atoms with Crippen LogP contribution in [-0.4, -0.2) is 16.1 Å². The molecule has 0 spiro atoms. The van der Waals surface area contributed by atoms with Crippen molar-refractivity contribution in [2.75, 3.05) is 18.1 Å². The standard InChI is InChI=1S/C6H11N3OS/c7-5-4(2-1-3-10)9-11-6(5)8/h10H,1-3,7-8H2. The number of aryl methyl sites for hydroxylation is 1. The zero-order chi connectivity index (χ0) is 8.27. The number of nitrogen functional groups attached to an aromatic ring is 2. The highest BCUT2D eigenvalue weighted by Crippen LogP contribution is 2.24. The van der Waals surface area contributed by atoms with Gasteiger partial charge in [0, 0.05) is 6.61 Å². The van der Waals surface area contributed by atoms with Crippen molar-refractivity contribution in [2.24, 2.45) is 0 Å². The van der Waals surface area contributed by atoms with Gasteiger partial charge >= 0.3 is 0 Å². The first-order valence-corrected chi connectivity index (χ1v) is 4.13. The number of aliphatic hydroxyl groups excluding tert-OH is 1. The average molecular weight is 173 g/mol. The highest BCUT2D eigenvalue weighted by atomic mass is 32.1. The van der Waals surface area contributed by atoms with Gasteiger partial charge in [0.25, 0.3) is 0 Å². The quantitative estimate of drug-likeness (QED) is 0.611. The van der Waals surface area contributed by atoms with E-state index < -0.39 is 0 Å². The van der Waals surface area contributed by atoms with Gasteiger partial charge in [0.15, 0.2) is 0 Å². The van der Waals surface area contributed by atoms with Gasteiger partial charge in [-0.05, 0) is 24.4 Å². The van der Waals surface area contributed by atoms with Crippen molar-refractivity contribution in [1.29, 1.82) is 0 Å². The van der Waals surface area contributed by atoms with Crippen LogP contribution in [0.3, 0.4) is 0 Å². The second-order valence-corrected chi connectivity index (χ2v) is 3.04. The summed E-state index contributed by atoms with van der Waals surface area (Å²) in [7, 11) is 0. The highest BCUT2D eigenvalue weighted by Gasteiger charge is 2.05. The van der Waals surface area contributed by atoms with Crippen LogP contribution < -0.4 is 11.5 Å². The molecule has 1 aromatic heterocycles. The van der Waals surface area contributed by atoms with Gasteiger partial charge in [-0.1, -0.05) is 0 Å². The first-order chi connectivity index (χ1) is 5.25. The van der Waals surface area contributed by atoms with E-state index in [-0.39, 0.29) is 6.61 Å². The number of aliphatic hydroxyl groups is 1. The van der Waals surface area contributed by atoms with Gasteiger partial charge in [-0.15, -0.1) is 0 Å². The van der Waals surface area contributed by atoms with Crippen LogP contribution in [0.25, 0.3) is 0 Å². The topological polar surface area (TPSA) is 85.2 Å². The van der Waals surface area contributed by atoms with Crippen LogP contribution in [-0.2, 0) is 6.42 Å². The van der Waals surface area contributed by atoms with Crippen molar-refractivity contribution in [3.8, 4) is 0 Å². The molecule has 1 rings (SSSR count). The number of nitrogens with two attached hydrogens (primary N) is 2. The summed E-state index contributed by atoms with van der Waals surface area (Å²) in [6, 6.07) is 0. The summed E-state index contributed by atoms with van der Waals surface area (Å²) in [6.45, 7) is 0.164. The van der Waals surface area contributed by atoms with Crippen molar-refractivity contribution in [2.45, 2.75) is 12.8 Å². The molecule has 1 aromatic rings. The third-order valence-electron chi connectivity index (χ3n) is 1.40. The predicted molar refractivity (Wildman–Crippen MR) is 46.3 cm³/mol. The molecule has 0 aliphatic heterocycles. The van der Waals surface area contributed by atoms with Crippen molar-refractivity contribution in [3.63, 3.8) is 0 Å². The Kier molecular flexibility index (Phi) is 2.67. The monoisotopic (exact) mass is 173 g/mol. The van der Waals surface area contributed by atoms with Gasteiger partial charge in [-0.2, -0.15) is 4.37 Å². The molecular formula is C6H11N3OS. The molecule has 0 bridgehead atoms. The van der Waals surface area contributed by atoms with Gasteiger partial charge in [0.1, 0.15) is 5.00 Å². The largest absolute Gasteiger partial charge is 0.396 e. The molecule has 0 aromatic carbocycles. The zero-order valence-electron chi connectivity index (χ0n) is 6.08. The first kappa shape index (κ1) is 8.29. The van der Waals surface area contributed by atoms with Crippen LogP contribution in [0.1, 0.15) is 12.1 Å². The van der Waals surface area contributed by atoms with Gasteiger partial charge in [0.2, 0.25) is 0 Å². The van der Waals surface area contributed by atoms with Gasteiger partial charge in [-0.3, -0.25) is 0 Å². The molecule has 5 heteroatoms. The average Bonchev–Trinajstić information content (AvgIpc) is 2.31. The lowest BCUT2D eigenvalue weighted by atomic mass is 10.2. The molecule has 0 saturated heterocycles. The van der Waals surface area contributed by atoms with Crippen molar-refractivity contribution < 1.29 is 5.11 Å². The Morgan fingerprint density at radius 2 is 2.18 bits per heavy atom. The normalized spacial score (nSPS) is 10.3. The van der Waals surface area contributed by atoms with E-state index in [1.165, 1.54) is 11.5 Å². The van der Waals surface area contributed by atoms with E-state index in [0.29, 0.717) is 23.5 Å². The van der Waals surface area contributed by atoms with E-state index in [1.807, 2.05) is 0 Å². The molecule has 0 atom stereocenters. The number of rotatable bonds is 3. The molecule has 11 heavy (non-hydrogen) atoms. The fraction of sp³-hybridized carbons (Fsp3) is 0.500. The van der Waals surface area contributed by atoms with Crippen LogP contribution >= 0.6 is 11.5 Å². The van der Waals surface area contributed by atoms with Crippen LogP contribution in [0.5, 0.6) is 0 Å². The van der Waals surface area contributed by atoms with Gasteiger partial charge in [-0.25, -0.2) is 0 Å². The fourth-order valence-electron chi connectivity index (χ4n) is 0.772. The summed E-state index contributed by atoms with van der Waals surface area (Å²) in [5, 5.41) is 9.10. The van der Waals surface area contributed by atoms with E-state index in [2.05, 4.69) is 4.37 Å². The molecule has 0 amide bonds. The molecule has 0 unspecified atom stereocenters. The van der Waals surface area contributed by atoms with Crippen molar-refractivity contribution in [3.05, 3.63) is 5.69 Å². The molecule has 0 aliphatic rings. The summed E-state index contributed by atoms with van der Waals surface area (Å²) in [5.41, 5.74) is 12.4. The maximum Gasteiger partial charge on any atom is 0.130 e. The summed E-state index contributed by atoms with van der Waals surface area (Å²) >= 11 is 1.20. The van der Waals surface area contributed by atoms with Crippen LogP contribution in [0, 0.1) is 0 Å². The lowest BCUT2D eigenvalue weighted by Crippen LogP contribution is -1.96.